The lowest BCUT2D eigenvalue weighted by Crippen LogP contribution is -2.14. The highest BCUT2D eigenvalue weighted by Gasteiger charge is 2.36. The second kappa shape index (κ2) is 16.9. The highest BCUT2D eigenvalue weighted by Crippen LogP contribution is 2.54. The summed E-state index contributed by atoms with van der Waals surface area (Å²) in [5.74, 6) is 0. The summed E-state index contributed by atoms with van der Waals surface area (Å²) in [5.41, 5.74) is 3.65. The van der Waals surface area contributed by atoms with Crippen molar-refractivity contribution < 1.29 is 20.9 Å². The third-order valence-electron chi connectivity index (χ3n) is 16.6. The fourth-order valence-electron chi connectivity index (χ4n) is 13.3. The molecule has 18 aromatic rings. The Morgan fingerprint density at radius 2 is 1.07 bits per heavy atom. The van der Waals surface area contributed by atoms with Crippen LogP contribution in [0.25, 0.3) is 168 Å². The zero-order chi connectivity index (χ0) is 65.1. The molecule has 18 rings (SSSR count). The highest BCUT2D eigenvalue weighted by atomic mass is 32.1. The van der Waals surface area contributed by atoms with Crippen molar-refractivity contribution in [1.82, 2.24) is 18.3 Å². The molecule has 0 saturated carbocycles. The quantitative estimate of drug-likeness (QED) is 0.161. The number of nitriles is 1. The molecule has 0 spiro atoms. The van der Waals surface area contributed by atoms with Crippen LogP contribution < -0.4 is 0 Å². The fraction of sp³-hybridized carbons (Fsp3) is 0.0133. The minimum absolute atomic E-state index is 0.0409. The number of aromatic nitrogens is 4. The maximum Gasteiger partial charge on any atom is 0.237 e. The molecule has 0 N–H and O–H groups in total. The van der Waals surface area contributed by atoms with E-state index in [4.69, 9.17) is 16.1 Å². The number of nitrogens with zero attached hydrogens (tertiary/aromatic N) is 6. The molecule has 384 valence electrons. The van der Waals surface area contributed by atoms with E-state index in [1.165, 1.54) is 4.57 Å². The van der Waals surface area contributed by atoms with Gasteiger partial charge in [-0.05, 0) is 84.6 Å². The van der Waals surface area contributed by atoms with Gasteiger partial charge in [0.1, 0.15) is 11.7 Å². The van der Waals surface area contributed by atoms with Gasteiger partial charge in [-0.15, -0.1) is 11.3 Å². The molecule has 0 radical (unpaired) electrons. The van der Waals surface area contributed by atoms with Gasteiger partial charge in [-0.2, -0.15) is 5.26 Å². The Morgan fingerprint density at radius 1 is 0.470 bits per heavy atom. The van der Waals surface area contributed by atoms with Gasteiger partial charge in [-0.3, -0.25) is 0 Å². The number of thiophene rings is 1. The lowest BCUT2D eigenvalue weighted by atomic mass is 10.0. The van der Waals surface area contributed by atoms with E-state index in [9.17, 15) is 21.4 Å². The van der Waals surface area contributed by atoms with E-state index >= 15 is 0 Å². The summed E-state index contributed by atoms with van der Waals surface area (Å²) in [7, 11) is 0. The number of para-hydroxylation sites is 5. The average molecular weight is 1090 g/mol. The largest absolute Gasteiger partial charge is 0.454 e. The molecule has 0 saturated heterocycles. The summed E-state index contributed by atoms with van der Waals surface area (Å²) in [6.45, 7) is 6.93. The summed E-state index contributed by atoms with van der Waals surface area (Å²) in [6.07, 6.45) is 0. The van der Waals surface area contributed by atoms with Crippen molar-refractivity contribution in [2.75, 3.05) is 0 Å². The van der Waals surface area contributed by atoms with E-state index in [2.05, 4.69) is 36.4 Å². The Balaban J connectivity index is 1.20. The fourth-order valence-corrected chi connectivity index (χ4v) is 14.5. The average Bonchev–Trinajstić information content (AvgIpc) is 1.53. The van der Waals surface area contributed by atoms with E-state index in [0.29, 0.717) is 33.1 Å². The van der Waals surface area contributed by atoms with E-state index in [1.54, 1.807) is 11.3 Å². The van der Waals surface area contributed by atoms with Crippen LogP contribution in [0.1, 0.15) is 27.6 Å². The standard InChI is InChI=1S/C75H42N6OS/c1-43-32-38-63-56(40-43)52-34-36-54-50-24-10-16-30-65(50)82-74(54)70(52)81(63)73-69(78-59-26-12-6-20-46(59)47-21-7-13-27-60(47)78)58(42-76)68(67(77-2)72(73)79-61-28-14-8-22-48(61)49-23-9-15-29-62(49)79)80-64-39-33-45(44-18-4-3-5-19-44)41-57(64)53-35-37-55-51-25-11-17-31-66(51)83-75(55)71(53)80/h3-41H,1H3/i1D3,10D,16D,24D,30D,32D,34D,36D,38D,40D. The lowest BCUT2D eigenvalue weighted by Gasteiger charge is -2.27. The third kappa shape index (κ3) is 6.09. The van der Waals surface area contributed by atoms with Gasteiger partial charge in [-0.1, -0.05) is 175 Å². The number of hydrogen-bond donors (Lipinski definition) is 0. The van der Waals surface area contributed by atoms with Crippen molar-refractivity contribution >= 4 is 146 Å². The van der Waals surface area contributed by atoms with Crippen LogP contribution in [0, 0.1) is 24.8 Å². The van der Waals surface area contributed by atoms with Gasteiger partial charge in [-0.25, -0.2) is 4.85 Å². The van der Waals surface area contributed by atoms with Gasteiger partial charge in [0.05, 0.1) is 96.1 Å². The van der Waals surface area contributed by atoms with Crippen LogP contribution in [0.2, 0.25) is 0 Å². The SMILES string of the molecule is [2H]c1c([2H])c([2H])c2c(oc3c2c([2H])c([2H])c2c4c([2H])c(C([2H])([2H])[2H])c([2H])c([2H])c4n(-c4c(-n5c6ccccc6c6ccccc65)c(C#N)c(-n5c6ccc(-c7ccccc7)cc6c6ccc7c8ccccc8sc7c65)c([N+]#[C-])c4-n4c5ccccc5c5ccccc54)c32)c1[2H]. The van der Waals surface area contributed by atoms with Gasteiger partial charge >= 0.3 is 0 Å². The first-order valence-corrected chi connectivity index (χ1v) is 27.7. The van der Waals surface area contributed by atoms with Gasteiger partial charge in [0.2, 0.25) is 5.69 Å². The Kier molecular flexibility index (Phi) is 7.23. The Hall–Kier alpha value is -11.2. The normalized spacial score (nSPS) is 14.3. The van der Waals surface area contributed by atoms with Gasteiger partial charge in [0.15, 0.2) is 5.58 Å². The van der Waals surface area contributed by atoms with Crippen LogP contribution in [-0.2, 0) is 0 Å². The smallest absolute Gasteiger partial charge is 0.237 e. The maximum atomic E-state index is 13.1. The number of benzene rings is 12. The van der Waals surface area contributed by atoms with Gasteiger partial charge in [0, 0.05) is 73.4 Å². The molecule has 0 unspecified atom stereocenters. The molecule has 0 amide bonds. The second-order valence-electron chi connectivity index (χ2n) is 20.7. The Bertz CT molecular complexity index is 6410. The molecule has 6 aromatic heterocycles. The maximum absolute atomic E-state index is 13.1. The predicted octanol–water partition coefficient (Wildman–Crippen LogP) is 20.7. The van der Waals surface area contributed by atoms with Crippen LogP contribution in [0.4, 0.5) is 5.69 Å². The first kappa shape index (κ1) is 35.5. The summed E-state index contributed by atoms with van der Waals surface area (Å²) in [5, 5.41) is 18.6. The number of furan rings is 1. The van der Waals surface area contributed by atoms with Crippen LogP contribution >= 0.6 is 11.3 Å². The molecular formula is C75H42N6OS. The number of fused-ring (bicyclic) bond motifs is 20. The molecule has 0 aliphatic carbocycles. The molecule has 0 atom stereocenters. The summed E-state index contributed by atoms with van der Waals surface area (Å²) >= 11 is 1.59. The number of hydrogen-bond acceptors (Lipinski definition) is 3. The van der Waals surface area contributed by atoms with Crippen molar-refractivity contribution in [2.45, 2.75) is 6.85 Å². The summed E-state index contributed by atoms with van der Waals surface area (Å²) in [6, 6.07) is 55.9. The van der Waals surface area contributed by atoms with E-state index in [1.807, 2.05) is 165 Å². The van der Waals surface area contributed by atoms with Crippen LogP contribution in [0.15, 0.2) is 241 Å². The minimum Gasteiger partial charge on any atom is -0.454 e. The lowest BCUT2D eigenvalue weighted by molar-refractivity contribution is 0.671. The van der Waals surface area contributed by atoms with E-state index < -0.39 is 66.8 Å². The second-order valence-corrected chi connectivity index (χ2v) is 21.8. The predicted molar refractivity (Wildman–Crippen MR) is 345 cm³/mol. The van der Waals surface area contributed by atoms with E-state index in [0.717, 1.165) is 63.6 Å². The first-order valence-electron chi connectivity index (χ1n) is 32.9. The molecule has 0 fully saturated rings. The number of rotatable bonds is 5. The topological polar surface area (TPSA) is 61.0 Å². The van der Waals surface area contributed by atoms with Crippen LogP contribution in [0.5, 0.6) is 0 Å². The van der Waals surface area contributed by atoms with Gasteiger partial charge < -0.3 is 22.7 Å². The zero-order valence-electron chi connectivity index (χ0n) is 55.3. The Morgan fingerprint density at radius 3 is 1.76 bits per heavy atom. The molecule has 83 heavy (non-hydrogen) atoms. The summed E-state index contributed by atoms with van der Waals surface area (Å²) in [4.78, 5) is 4.72. The van der Waals surface area contributed by atoms with Gasteiger partial charge in [0.25, 0.3) is 0 Å². The molecule has 7 nitrogen and oxygen atoms in total. The summed E-state index contributed by atoms with van der Waals surface area (Å²) < 4.78 is 130. The van der Waals surface area contributed by atoms with Crippen molar-refractivity contribution in [1.29, 1.82) is 5.26 Å². The molecule has 6 heterocycles. The zero-order valence-corrected chi connectivity index (χ0v) is 44.1. The monoisotopic (exact) mass is 1090 g/mol. The van der Waals surface area contributed by atoms with Crippen molar-refractivity contribution in [3.05, 3.63) is 259 Å². The van der Waals surface area contributed by atoms with Crippen molar-refractivity contribution in [3.63, 3.8) is 0 Å². The first-order chi connectivity index (χ1) is 46.0. The van der Waals surface area contributed by atoms with Crippen molar-refractivity contribution in [3.8, 4) is 39.9 Å². The Labute approximate surface area is 494 Å². The van der Waals surface area contributed by atoms with Crippen molar-refractivity contribution in [2.24, 2.45) is 0 Å². The molecule has 0 aliphatic heterocycles. The van der Waals surface area contributed by atoms with E-state index in [-0.39, 0.29) is 77.7 Å². The molecular weight excluding hydrogens is 1030 g/mol. The molecule has 0 aliphatic rings. The minimum atomic E-state index is -3.18. The third-order valence-corrected chi connectivity index (χ3v) is 17.8. The molecule has 12 aromatic carbocycles. The van der Waals surface area contributed by atoms with Crippen LogP contribution in [0.3, 0.4) is 0 Å². The molecule has 0 bridgehead atoms. The highest BCUT2D eigenvalue weighted by molar-refractivity contribution is 7.26. The van der Waals surface area contributed by atoms with Crippen LogP contribution in [-0.4, -0.2) is 18.3 Å². The molecule has 8 heteroatoms.